The quantitative estimate of drug-likeness (QED) is 0.535. The summed E-state index contributed by atoms with van der Waals surface area (Å²) in [6, 6.07) is 3.98. The van der Waals surface area contributed by atoms with E-state index >= 15 is 0 Å². The molecule has 1 aromatic carbocycles. The molecule has 0 fully saturated rings. The van der Waals surface area contributed by atoms with Crippen LogP contribution in [-0.4, -0.2) is 47.0 Å². The third kappa shape index (κ3) is 8.56. The van der Waals surface area contributed by atoms with Crippen molar-refractivity contribution in [1.29, 1.82) is 0 Å². The van der Waals surface area contributed by atoms with Gasteiger partial charge in [-0.2, -0.15) is 0 Å². The summed E-state index contributed by atoms with van der Waals surface area (Å²) in [5.41, 5.74) is 1.92. The molecule has 0 aliphatic heterocycles. The van der Waals surface area contributed by atoms with Gasteiger partial charge in [-0.15, -0.1) is 6.58 Å². The summed E-state index contributed by atoms with van der Waals surface area (Å²) in [7, 11) is 0. The van der Waals surface area contributed by atoms with Crippen molar-refractivity contribution in [3.8, 4) is 0 Å². The number of hydrogen-bond donors (Lipinski definition) is 2. The van der Waals surface area contributed by atoms with Gasteiger partial charge in [-0.25, -0.2) is 4.79 Å². The van der Waals surface area contributed by atoms with Crippen molar-refractivity contribution in [3.05, 3.63) is 47.5 Å². The van der Waals surface area contributed by atoms with Crippen molar-refractivity contribution in [1.82, 2.24) is 15.5 Å². The number of aryl methyl sites for hydroxylation is 2. The minimum atomic E-state index is -0.876. The average Bonchev–Trinajstić information content (AvgIpc) is 2.65. The number of amides is 3. The molecule has 0 aromatic heterocycles. The molecule has 2 atom stereocenters. The van der Waals surface area contributed by atoms with Gasteiger partial charge in [0.15, 0.2) is 0 Å². The molecule has 2 unspecified atom stereocenters. The van der Waals surface area contributed by atoms with E-state index in [9.17, 15) is 14.4 Å². The van der Waals surface area contributed by atoms with Crippen LogP contribution in [0.3, 0.4) is 0 Å². The van der Waals surface area contributed by atoms with Gasteiger partial charge in [0.1, 0.15) is 17.7 Å². The van der Waals surface area contributed by atoms with Crippen molar-refractivity contribution in [2.24, 2.45) is 5.92 Å². The Morgan fingerprint density at radius 1 is 1.09 bits per heavy atom. The molecule has 184 valence electrons. The molecule has 2 N–H and O–H groups in total. The fourth-order valence-corrected chi connectivity index (χ4v) is 3.46. The topological polar surface area (TPSA) is 87.7 Å². The van der Waals surface area contributed by atoms with Gasteiger partial charge in [-0.3, -0.25) is 9.59 Å². The molecule has 1 rings (SSSR count). The van der Waals surface area contributed by atoms with Crippen LogP contribution >= 0.6 is 0 Å². The van der Waals surface area contributed by atoms with Gasteiger partial charge in [0.25, 0.3) is 0 Å². The Labute approximate surface area is 198 Å². The van der Waals surface area contributed by atoms with Crippen LogP contribution in [0.4, 0.5) is 4.79 Å². The monoisotopic (exact) mass is 459 g/mol. The van der Waals surface area contributed by atoms with E-state index in [1.807, 2.05) is 59.7 Å². The summed E-state index contributed by atoms with van der Waals surface area (Å²) in [6.45, 7) is 20.5. The Morgan fingerprint density at radius 3 is 2.18 bits per heavy atom. The van der Waals surface area contributed by atoms with Crippen LogP contribution in [0.15, 0.2) is 30.9 Å². The average molecular weight is 460 g/mol. The van der Waals surface area contributed by atoms with Crippen molar-refractivity contribution in [2.75, 3.05) is 6.54 Å². The summed E-state index contributed by atoms with van der Waals surface area (Å²) in [5, 5.41) is 5.65. The highest BCUT2D eigenvalue weighted by Gasteiger charge is 2.37. The largest absolute Gasteiger partial charge is 0.444 e. The van der Waals surface area contributed by atoms with Gasteiger partial charge in [0.05, 0.1) is 0 Å². The number of nitrogens with one attached hydrogen (secondary N) is 2. The van der Waals surface area contributed by atoms with E-state index in [1.165, 1.54) is 4.90 Å². The Hall–Kier alpha value is -2.83. The van der Waals surface area contributed by atoms with Crippen molar-refractivity contribution < 1.29 is 19.1 Å². The lowest BCUT2D eigenvalue weighted by Gasteiger charge is -2.36. The third-order valence-corrected chi connectivity index (χ3v) is 4.93. The van der Waals surface area contributed by atoms with Crippen LogP contribution in [0, 0.1) is 19.8 Å². The van der Waals surface area contributed by atoms with E-state index in [0.717, 1.165) is 16.7 Å². The minimum Gasteiger partial charge on any atom is -0.444 e. The van der Waals surface area contributed by atoms with Gasteiger partial charge >= 0.3 is 6.09 Å². The molecule has 7 heteroatoms. The molecule has 0 aliphatic rings. The Bertz CT molecular complexity index is 856. The molecule has 0 saturated carbocycles. The number of carbonyl (C=O) groups is 3. The Morgan fingerprint density at radius 2 is 1.70 bits per heavy atom. The zero-order valence-electron chi connectivity index (χ0n) is 21.6. The van der Waals surface area contributed by atoms with Gasteiger partial charge in [0, 0.05) is 12.6 Å². The summed E-state index contributed by atoms with van der Waals surface area (Å²) in [5.74, 6) is -0.890. The molecular weight excluding hydrogens is 418 g/mol. The molecule has 1 aromatic rings. The second kappa shape index (κ2) is 11.9. The first-order valence-electron chi connectivity index (χ1n) is 11.5. The number of ether oxygens (including phenoxy) is 1. The summed E-state index contributed by atoms with van der Waals surface area (Å²) < 4.78 is 5.37. The zero-order chi connectivity index (χ0) is 25.5. The molecule has 0 spiro atoms. The van der Waals surface area contributed by atoms with Crippen LogP contribution in [0.5, 0.6) is 0 Å². The van der Waals surface area contributed by atoms with Crippen molar-refractivity contribution >= 4 is 17.9 Å². The Kier molecular flexibility index (Phi) is 10.1. The highest BCUT2D eigenvalue weighted by Crippen LogP contribution is 2.27. The van der Waals surface area contributed by atoms with E-state index in [2.05, 4.69) is 17.2 Å². The zero-order valence-corrected chi connectivity index (χ0v) is 21.6. The van der Waals surface area contributed by atoms with E-state index in [0.29, 0.717) is 0 Å². The van der Waals surface area contributed by atoms with E-state index in [-0.39, 0.29) is 30.3 Å². The molecule has 3 amide bonds. The van der Waals surface area contributed by atoms with Gasteiger partial charge < -0.3 is 20.3 Å². The maximum absolute atomic E-state index is 13.8. The first kappa shape index (κ1) is 28.2. The molecule has 0 radical (unpaired) electrons. The van der Waals surface area contributed by atoms with Crippen LogP contribution in [0.2, 0.25) is 0 Å². The number of hydrogen-bond acceptors (Lipinski definition) is 4. The number of rotatable bonds is 9. The molecular formula is C26H41N3O4. The van der Waals surface area contributed by atoms with E-state index in [1.54, 1.807) is 26.8 Å². The summed E-state index contributed by atoms with van der Waals surface area (Å²) >= 11 is 0. The predicted octanol–water partition coefficient (Wildman–Crippen LogP) is 4.43. The molecule has 0 heterocycles. The van der Waals surface area contributed by atoms with Gasteiger partial charge in [0.2, 0.25) is 11.8 Å². The highest BCUT2D eigenvalue weighted by molar-refractivity contribution is 5.92. The lowest BCUT2D eigenvalue weighted by atomic mass is 9.94. The Balaban J connectivity index is 3.49. The molecule has 33 heavy (non-hydrogen) atoms. The fourth-order valence-electron chi connectivity index (χ4n) is 3.46. The first-order valence-corrected chi connectivity index (χ1v) is 11.5. The standard InChI is InChI=1S/C26H41N3O4/c1-11-14-29(24(31)21(16(2)3)28-25(32)33-26(8,9)10)22(23(30)27-17(4)5)20-15-18(6)12-13-19(20)7/h11-13,15-17,21-22H,1,14H2,2-10H3,(H,27,30)(H,28,32). The maximum atomic E-state index is 13.8. The third-order valence-electron chi connectivity index (χ3n) is 4.93. The van der Waals surface area contributed by atoms with Crippen LogP contribution < -0.4 is 10.6 Å². The minimum absolute atomic E-state index is 0.105. The van der Waals surface area contributed by atoms with Gasteiger partial charge in [-0.1, -0.05) is 43.7 Å². The number of benzene rings is 1. The predicted molar refractivity (Wildman–Crippen MR) is 132 cm³/mol. The number of carbonyl (C=O) groups excluding carboxylic acids is 3. The SMILES string of the molecule is C=CCN(C(=O)C(NC(=O)OC(C)(C)C)C(C)C)C(C(=O)NC(C)C)c1cc(C)ccc1C. The van der Waals surface area contributed by atoms with Gasteiger partial charge in [-0.05, 0) is 65.5 Å². The highest BCUT2D eigenvalue weighted by atomic mass is 16.6. The van der Waals surface area contributed by atoms with Crippen LogP contribution in [-0.2, 0) is 14.3 Å². The molecule has 0 aliphatic carbocycles. The lowest BCUT2D eigenvalue weighted by Crippen LogP contribution is -2.55. The van der Waals surface area contributed by atoms with Crippen molar-refractivity contribution in [3.63, 3.8) is 0 Å². The maximum Gasteiger partial charge on any atom is 0.408 e. The fraction of sp³-hybridized carbons (Fsp3) is 0.577. The van der Waals surface area contributed by atoms with Crippen LogP contribution in [0.1, 0.15) is 71.2 Å². The second-order valence-electron chi connectivity index (χ2n) is 10.1. The number of nitrogens with zero attached hydrogens (tertiary/aromatic N) is 1. The normalized spacial score (nSPS) is 13.3. The number of alkyl carbamates (subject to hydrolysis) is 1. The smallest absolute Gasteiger partial charge is 0.408 e. The van der Waals surface area contributed by atoms with Crippen molar-refractivity contribution in [2.45, 2.75) is 86.0 Å². The molecule has 0 bridgehead atoms. The van der Waals surface area contributed by atoms with E-state index < -0.39 is 23.8 Å². The lowest BCUT2D eigenvalue weighted by molar-refractivity contribution is -0.142. The summed E-state index contributed by atoms with van der Waals surface area (Å²) in [6.07, 6.45) is 0.909. The molecule has 0 saturated heterocycles. The van der Waals surface area contributed by atoms with E-state index in [4.69, 9.17) is 4.74 Å². The second-order valence-corrected chi connectivity index (χ2v) is 10.1. The van der Waals surface area contributed by atoms with Crippen LogP contribution in [0.25, 0.3) is 0 Å². The molecule has 7 nitrogen and oxygen atoms in total. The first-order chi connectivity index (χ1) is 15.2. The summed E-state index contributed by atoms with van der Waals surface area (Å²) in [4.78, 5) is 41.1.